The van der Waals surface area contributed by atoms with E-state index in [2.05, 4.69) is 45.6 Å². The van der Waals surface area contributed by atoms with E-state index in [-0.39, 0.29) is 24.0 Å². The molecule has 1 aromatic carbocycles. The third-order valence-electron chi connectivity index (χ3n) is 4.53. The zero-order chi connectivity index (χ0) is 17.6. The summed E-state index contributed by atoms with van der Waals surface area (Å²) in [6.07, 6.45) is 3.12. The summed E-state index contributed by atoms with van der Waals surface area (Å²) < 4.78 is 7.40. The molecule has 1 atom stereocenters. The number of hydrogen-bond acceptors (Lipinski definition) is 3. The molecule has 0 saturated carbocycles. The van der Waals surface area contributed by atoms with E-state index >= 15 is 0 Å². The molecule has 1 aliphatic heterocycles. The Labute approximate surface area is 172 Å². The number of nitrogens with one attached hydrogen (secondary N) is 1. The van der Waals surface area contributed by atoms with Crippen LogP contribution in [0.1, 0.15) is 17.7 Å². The van der Waals surface area contributed by atoms with Crippen molar-refractivity contribution >= 4 is 29.9 Å². The minimum atomic E-state index is 0. The lowest BCUT2D eigenvalue weighted by Crippen LogP contribution is -2.41. The van der Waals surface area contributed by atoms with Gasteiger partial charge in [0.15, 0.2) is 5.96 Å². The molecule has 142 valence electrons. The van der Waals surface area contributed by atoms with Gasteiger partial charge in [0, 0.05) is 45.9 Å². The SMILES string of the molecule is CN=C(NCc1ccccc1-n1ccc(C)n1)N(C)CC1CCOC1.I. The van der Waals surface area contributed by atoms with Gasteiger partial charge in [0.05, 0.1) is 18.0 Å². The highest BCUT2D eigenvalue weighted by Crippen LogP contribution is 2.15. The topological polar surface area (TPSA) is 54.7 Å². The van der Waals surface area contributed by atoms with Crippen LogP contribution in [0.5, 0.6) is 0 Å². The first-order chi connectivity index (χ1) is 12.2. The van der Waals surface area contributed by atoms with Crippen LogP contribution in [-0.4, -0.2) is 54.5 Å². The Kier molecular flexibility index (Phi) is 7.89. The first-order valence-electron chi connectivity index (χ1n) is 8.77. The Morgan fingerprint density at radius 2 is 2.19 bits per heavy atom. The highest BCUT2D eigenvalue weighted by atomic mass is 127. The van der Waals surface area contributed by atoms with E-state index in [0.29, 0.717) is 12.5 Å². The molecule has 6 nitrogen and oxygen atoms in total. The second-order valence-corrected chi connectivity index (χ2v) is 6.54. The molecular formula is C19H28IN5O. The Balaban J connectivity index is 0.00000243. The van der Waals surface area contributed by atoms with Gasteiger partial charge < -0.3 is 15.0 Å². The lowest BCUT2D eigenvalue weighted by molar-refractivity contribution is 0.181. The molecule has 2 heterocycles. The van der Waals surface area contributed by atoms with Crippen molar-refractivity contribution in [3.8, 4) is 5.69 Å². The third-order valence-corrected chi connectivity index (χ3v) is 4.53. The van der Waals surface area contributed by atoms with Gasteiger partial charge in [-0.15, -0.1) is 24.0 Å². The first-order valence-corrected chi connectivity index (χ1v) is 8.77. The van der Waals surface area contributed by atoms with Gasteiger partial charge in [0.2, 0.25) is 0 Å². The first kappa shape index (κ1) is 20.7. The van der Waals surface area contributed by atoms with Crippen LogP contribution in [0.25, 0.3) is 5.69 Å². The number of aliphatic imine (C=N–C) groups is 1. The summed E-state index contributed by atoms with van der Waals surface area (Å²) in [4.78, 5) is 6.60. The second kappa shape index (κ2) is 9.91. The lowest BCUT2D eigenvalue weighted by Gasteiger charge is -2.24. The van der Waals surface area contributed by atoms with Crippen LogP contribution in [0.3, 0.4) is 0 Å². The van der Waals surface area contributed by atoms with Crippen LogP contribution in [0.2, 0.25) is 0 Å². The summed E-state index contributed by atoms with van der Waals surface area (Å²) in [5.41, 5.74) is 3.28. The second-order valence-electron chi connectivity index (χ2n) is 6.54. The van der Waals surface area contributed by atoms with Crippen LogP contribution >= 0.6 is 24.0 Å². The molecule has 1 saturated heterocycles. The molecule has 1 aromatic heterocycles. The number of aryl methyl sites for hydroxylation is 1. The number of ether oxygens (including phenoxy) is 1. The molecule has 1 aliphatic rings. The van der Waals surface area contributed by atoms with Gasteiger partial charge in [-0.05, 0) is 31.0 Å². The fraction of sp³-hybridized carbons (Fsp3) is 0.474. The molecule has 3 rings (SSSR count). The van der Waals surface area contributed by atoms with Crippen molar-refractivity contribution in [3.05, 3.63) is 47.8 Å². The number of halogens is 1. The summed E-state index contributed by atoms with van der Waals surface area (Å²) in [5, 5.41) is 8.00. The van der Waals surface area contributed by atoms with Crippen molar-refractivity contribution < 1.29 is 4.74 Å². The maximum absolute atomic E-state index is 5.47. The van der Waals surface area contributed by atoms with Crippen molar-refractivity contribution in [2.24, 2.45) is 10.9 Å². The van der Waals surface area contributed by atoms with E-state index in [9.17, 15) is 0 Å². The zero-order valence-corrected chi connectivity index (χ0v) is 18.0. The van der Waals surface area contributed by atoms with Crippen molar-refractivity contribution in [3.63, 3.8) is 0 Å². The van der Waals surface area contributed by atoms with Crippen molar-refractivity contribution in [1.82, 2.24) is 20.0 Å². The van der Waals surface area contributed by atoms with E-state index < -0.39 is 0 Å². The van der Waals surface area contributed by atoms with E-state index in [4.69, 9.17) is 4.74 Å². The smallest absolute Gasteiger partial charge is 0.193 e. The molecular weight excluding hydrogens is 441 g/mol. The number of hydrogen-bond donors (Lipinski definition) is 1. The van der Waals surface area contributed by atoms with Gasteiger partial charge in [0.25, 0.3) is 0 Å². The summed E-state index contributed by atoms with van der Waals surface area (Å²) >= 11 is 0. The zero-order valence-electron chi connectivity index (χ0n) is 15.7. The van der Waals surface area contributed by atoms with Crippen LogP contribution in [-0.2, 0) is 11.3 Å². The number of para-hydroxylation sites is 1. The maximum Gasteiger partial charge on any atom is 0.193 e. The Morgan fingerprint density at radius 1 is 1.38 bits per heavy atom. The molecule has 1 fully saturated rings. The van der Waals surface area contributed by atoms with Crippen molar-refractivity contribution in [1.29, 1.82) is 0 Å². The quantitative estimate of drug-likeness (QED) is 0.416. The molecule has 0 aliphatic carbocycles. The minimum absolute atomic E-state index is 0. The van der Waals surface area contributed by atoms with Gasteiger partial charge in [-0.25, -0.2) is 4.68 Å². The van der Waals surface area contributed by atoms with Crippen LogP contribution < -0.4 is 5.32 Å². The van der Waals surface area contributed by atoms with Gasteiger partial charge in [-0.1, -0.05) is 18.2 Å². The Hall–Kier alpha value is -1.61. The average molecular weight is 469 g/mol. The van der Waals surface area contributed by atoms with Gasteiger partial charge in [-0.3, -0.25) is 4.99 Å². The minimum Gasteiger partial charge on any atom is -0.381 e. The molecule has 2 aromatic rings. The Bertz CT molecular complexity index is 724. The van der Waals surface area contributed by atoms with Crippen LogP contribution in [0.4, 0.5) is 0 Å². The molecule has 1 unspecified atom stereocenters. The van der Waals surface area contributed by atoms with E-state index in [1.165, 1.54) is 5.56 Å². The fourth-order valence-corrected chi connectivity index (χ4v) is 3.19. The van der Waals surface area contributed by atoms with Gasteiger partial charge in [-0.2, -0.15) is 5.10 Å². The molecule has 26 heavy (non-hydrogen) atoms. The largest absolute Gasteiger partial charge is 0.381 e. The lowest BCUT2D eigenvalue weighted by atomic mass is 10.1. The third kappa shape index (κ3) is 5.20. The highest BCUT2D eigenvalue weighted by Gasteiger charge is 2.19. The average Bonchev–Trinajstić information content (AvgIpc) is 3.27. The maximum atomic E-state index is 5.47. The standard InChI is InChI=1S/C19H27N5O.HI/c1-15-8-10-24(22-15)18-7-5-4-6-17(18)12-21-19(20-2)23(3)13-16-9-11-25-14-16;/h4-8,10,16H,9,11-14H2,1-3H3,(H,20,21);1H. The molecule has 1 N–H and O–H groups in total. The van der Waals surface area contributed by atoms with E-state index in [1.807, 2.05) is 37.0 Å². The summed E-state index contributed by atoms with van der Waals surface area (Å²) in [7, 11) is 3.91. The highest BCUT2D eigenvalue weighted by molar-refractivity contribution is 14.0. The molecule has 0 radical (unpaired) electrons. The number of guanidine groups is 1. The summed E-state index contributed by atoms with van der Waals surface area (Å²) in [6.45, 7) is 5.39. The number of rotatable bonds is 5. The van der Waals surface area contributed by atoms with Crippen molar-refractivity contribution in [2.75, 3.05) is 33.9 Å². The number of nitrogens with zero attached hydrogens (tertiary/aromatic N) is 4. The molecule has 0 amide bonds. The van der Waals surface area contributed by atoms with E-state index in [1.54, 1.807) is 0 Å². The number of aromatic nitrogens is 2. The fourth-order valence-electron chi connectivity index (χ4n) is 3.19. The van der Waals surface area contributed by atoms with Crippen molar-refractivity contribution in [2.45, 2.75) is 19.9 Å². The number of benzene rings is 1. The predicted octanol–water partition coefficient (Wildman–Crippen LogP) is 2.84. The normalized spacial score (nSPS) is 17.0. The predicted molar refractivity (Wildman–Crippen MR) is 115 cm³/mol. The molecule has 7 heteroatoms. The van der Waals surface area contributed by atoms with Gasteiger partial charge in [0.1, 0.15) is 0 Å². The molecule has 0 spiro atoms. The van der Waals surface area contributed by atoms with Gasteiger partial charge >= 0.3 is 0 Å². The summed E-state index contributed by atoms with van der Waals surface area (Å²) in [6, 6.07) is 10.3. The Morgan fingerprint density at radius 3 is 2.85 bits per heavy atom. The molecule has 0 bridgehead atoms. The van der Waals surface area contributed by atoms with Crippen LogP contribution in [0, 0.1) is 12.8 Å². The summed E-state index contributed by atoms with van der Waals surface area (Å²) in [5.74, 6) is 1.49. The van der Waals surface area contributed by atoms with E-state index in [0.717, 1.165) is 43.5 Å². The van der Waals surface area contributed by atoms with Crippen LogP contribution in [0.15, 0.2) is 41.5 Å². The monoisotopic (exact) mass is 469 g/mol.